The summed E-state index contributed by atoms with van der Waals surface area (Å²) in [5, 5.41) is 1.91. The Balaban J connectivity index is 2.63. The highest BCUT2D eigenvalue weighted by atomic mass is 79.9. The van der Waals surface area contributed by atoms with Crippen LogP contribution in [0.2, 0.25) is 0 Å². The molecule has 0 spiro atoms. The number of thiophene rings is 1. The molecule has 0 aliphatic carbocycles. The molecule has 1 aromatic carbocycles. The Labute approximate surface area is 98.7 Å². The van der Waals surface area contributed by atoms with Crippen LogP contribution < -0.4 is 0 Å². The van der Waals surface area contributed by atoms with Crippen molar-refractivity contribution in [1.29, 1.82) is 0 Å². The van der Waals surface area contributed by atoms with E-state index in [0.717, 1.165) is 14.9 Å². The zero-order chi connectivity index (χ0) is 10.8. The Morgan fingerprint density at radius 3 is 2.73 bits per heavy atom. The van der Waals surface area contributed by atoms with Crippen molar-refractivity contribution in [3.63, 3.8) is 0 Å². The lowest BCUT2D eigenvalue weighted by atomic mass is 10.1. The monoisotopic (exact) mass is 284 g/mol. The van der Waals surface area contributed by atoms with Crippen molar-refractivity contribution in [2.45, 2.75) is 0 Å². The third-order valence-corrected chi connectivity index (χ3v) is 3.87. The van der Waals surface area contributed by atoms with E-state index in [2.05, 4.69) is 15.9 Å². The van der Waals surface area contributed by atoms with Crippen LogP contribution in [0.5, 0.6) is 0 Å². The van der Waals surface area contributed by atoms with Gasteiger partial charge in [0.2, 0.25) is 0 Å². The second-order valence-electron chi connectivity index (χ2n) is 2.95. The highest BCUT2D eigenvalue weighted by Gasteiger charge is 2.10. The number of hydrogen-bond donors (Lipinski definition) is 0. The summed E-state index contributed by atoms with van der Waals surface area (Å²) in [5.41, 5.74) is 1.13. The van der Waals surface area contributed by atoms with E-state index in [1.165, 1.54) is 23.5 Å². The van der Waals surface area contributed by atoms with Gasteiger partial charge < -0.3 is 0 Å². The fraction of sp³-hybridized carbons (Fsp3) is 0. The molecule has 0 N–H and O–H groups in total. The second kappa shape index (κ2) is 4.24. The van der Waals surface area contributed by atoms with E-state index in [1.807, 2.05) is 11.4 Å². The van der Waals surface area contributed by atoms with Crippen molar-refractivity contribution in [3.05, 3.63) is 45.5 Å². The molecule has 0 unspecified atom stereocenters. The Kier molecular flexibility index (Phi) is 2.98. The molecule has 0 aliphatic rings. The molecule has 0 fully saturated rings. The van der Waals surface area contributed by atoms with Crippen molar-refractivity contribution < 1.29 is 9.18 Å². The van der Waals surface area contributed by atoms with Crippen LogP contribution in [0.15, 0.2) is 34.1 Å². The molecule has 2 aromatic rings. The number of carbonyl (C=O) groups excluding carboxylic acids is 1. The van der Waals surface area contributed by atoms with E-state index in [9.17, 15) is 9.18 Å². The Morgan fingerprint density at radius 1 is 1.33 bits per heavy atom. The van der Waals surface area contributed by atoms with E-state index in [4.69, 9.17) is 0 Å². The first-order chi connectivity index (χ1) is 7.22. The quantitative estimate of drug-likeness (QED) is 0.758. The predicted molar refractivity (Wildman–Crippen MR) is 62.8 cm³/mol. The minimum Gasteiger partial charge on any atom is -0.298 e. The summed E-state index contributed by atoms with van der Waals surface area (Å²) < 4.78 is 13.8. The Morgan fingerprint density at radius 2 is 2.13 bits per heavy atom. The van der Waals surface area contributed by atoms with Crippen LogP contribution >= 0.6 is 27.3 Å². The van der Waals surface area contributed by atoms with Crippen LogP contribution in [-0.2, 0) is 0 Å². The molecule has 1 heterocycles. The van der Waals surface area contributed by atoms with Gasteiger partial charge in [-0.15, -0.1) is 11.3 Å². The Bertz CT molecular complexity index is 507. The first-order valence-corrected chi connectivity index (χ1v) is 5.87. The maximum atomic E-state index is 12.9. The fourth-order valence-corrected chi connectivity index (χ4v) is 2.96. The van der Waals surface area contributed by atoms with Crippen LogP contribution in [0.1, 0.15) is 10.4 Å². The smallest absolute Gasteiger partial charge is 0.150 e. The molecule has 1 nitrogen and oxygen atoms in total. The molecule has 0 amide bonds. The average molecular weight is 285 g/mol. The molecule has 0 saturated carbocycles. The van der Waals surface area contributed by atoms with Crippen molar-refractivity contribution >= 4 is 33.6 Å². The van der Waals surface area contributed by atoms with Crippen LogP contribution in [0.25, 0.3) is 10.4 Å². The van der Waals surface area contributed by atoms with E-state index in [0.29, 0.717) is 11.8 Å². The van der Waals surface area contributed by atoms with Gasteiger partial charge in [-0.2, -0.15) is 0 Å². The highest BCUT2D eigenvalue weighted by Crippen LogP contribution is 2.35. The third kappa shape index (κ3) is 2.01. The highest BCUT2D eigenvalue weighted by molar-refractivity contribution is 9.10. The van der Waals surface area contributed by atoms with Gasteiger partial charge in [-0.3, -0.25) is 4.79 Å². The fourth-order valence-electron chi connectivity index (χ4n) is 1.32. The van der Waals surface area contributed by atoms with Gasteiger partial charge in [0.1, 0.15) is 5.82 Å². The Hall–Kier alpha value is -1.00. The summed E-state index contributed by atoms with van der Waals surface area (Å²) in [6, 6.07) is 6.12. The van der Waals surface area contributed by atoms with Gasteiger partial charge in [0.05, 0.1) is 0 Å². The maximum Gasteiger partial charge on any atom is 0.150 e. The summed E-state index contributed by atoms with van der Waals surface area (Å²) >= 11 is 4.90. The molecule has 0 radical (unpaired) electrons. The zero-order valence-corrected chi connectivity index (χ0v) is 9.94. The van der Waals surface area contributed by atoms with Gasteiger partial charge in [0, 0.05) is 20.5 Å². The minimum atomic E-state index is -0.395. The molecule has 0 aliphatic heterocycles. The number of aldehydes is 1. The van der Waals surface area contributed by atoms with E-state index in [1.54, 1.807) is 6.07 Å². The first kappa shape index (κ1) is 10.5. The lowest BCUT2D eigenvalue weighted by Gasteiger charge is -2.02. The van der Waals surface area contributed by atoms with Crippen LogP contribution in [0.4, 0.5) is 4.39 Å². The summed E-state index contributed by atoms with van der Waals surface area (Å²) in [7, 11) is 0. The van der Waals surface area contributed by atoms with Crippen molar-refractivity contribution in [2.24, 2.45) is 0 Å². The molecule has 0 saturated heterocycles. The molecule has 0 bridgehead atoms. The lowest BCUT2D eigenvalue weighted by molar-refractivity contribution is 0.112. The zero-order valence-electron chi connectivity index (χ0n) is 7.54. The largest absolute Gasteiger partial charge is 0.298 e. The standard InChI is InChI=1S/C11H6BrFOS/c12-10-3-4-15-11(10)9-2-1-8(13)5-7(9)6-14/h1-6H. The first-order valence-electron chi connectivity index (χ1n) is 4.20. The van der Waals surface area contributed by atoms with Gasteiger partial charge in [-0.1, -0.05) is 0 Å². The molecule has 15 heavy (non-hydrogen) atoms. The number of benzene rings is 1. The van der Waals surface area contributed by atoms with E-state index in [-0.39, 0.29) is 0 Å². The van der Waals surface area contributed by atoms with Gasteiger partial charge in [-0.05, 0) is 45.6 Å². The summed E-state index contributed by atoms with van der Waals surface area (Å²) in [6.07, 6.45) is 0.671. The van der Waals surface area contributed by atoms with Gasteiger partial charge in [-0.25, -0.2) is 4.39 Å². The van der Waals surface area contributed by atoms with Crippen molar-refractivity contribution in [3.8, 4) is 10.4 Å². The van der Waals surface area contributed by atoms with Crippen LogP contribution in [-0.4, -0.2) is 6.29 Å². The predicted octanol–water partition coefficient (Wildman–Crippen LogP) is 4.13. The number of hydrogen-bond acceptors (Lipinski definition) is 2. The number of rotatable bonds is 2. The van der Waals surface area contributed by atoms with E-state index >= 15 is 0 Å². The molecular formula is C11H6BrFOS. The topological polar surface area (TPSA) is 17.1 Å². The average Bonchev–Trinajstić information content (AvgIpc) is 2.64. The van der Waals surface area contributed by atoms with Gasteiger partial charge in [0.15, 0.2) is 6.29 Å². The van der Waals surface area contributed by atoms with Crippen LogP contribution in [0, 0.1) is 5.82 Å². The van der Waals surface area contributed by atoms with Gasteiger partial charge >= 0.3 is 0 Å². The number of carbonyl (C=O) groups is 1. The second-order valence-corrected chi connectivity index (χ2v) is 4.72. The maximum absolute atomic E-state index is 12.9. The molecular weight excluding hydrogens is 279 g/mol. The van der Waals surface area contributed by atoms with E-state index < -0.39 is 5.82 Å². The molecule has 76 valence electrons. The van der Waals surface area contributed by atoms with Crippen molar-refractivity contribution in [1.82, 2.24) is 0 Å². The van der Waals surface area contributed by atoms with Gasteiger partial charge in [0.25, 0.3) is 0 Å². The normalized spacial score (nSPS) is 10.3. The SMILES string of the molecule is O=Cc1cc(F)ccc1-c1sccc1Br. The van der Waals surface area contributed by atoms with Crippen molar-refractivity contribution in [2.75, 3.05) is 0 Å². The van der Waals surface area contributed by atoms with Crippen LogP contribution in [0.3, 0.4) is 0 Å². The molecule has 0 atom stereocenters. The molecule has 1 aromatic heterocycles. The molecule has 4 heteroatoms. The molecule has 2 rings (SSSR count). The summed E-state index contributed by atoms with van der Waals surface area (Å²) in [5.74, 6) is -0.395. The minimum absolute atomic E-state index is 0.373. The third-order valence-electron chi connectivity index (χ3n) is 2.00. The summed E-state index contributed by atoms with van der Waals surface area (Å²) in [4.78, 5) is 11.8. The summed E-state index contributed by atoms with van der Waals surface area (Å²) in [6.45, 7) is 0. The number of halogens is 2. The lowest BCUT2D eigenvalue weighted by Crippen LogP contribution is -1.87.